The Morgan fingerprint density at radius 1 is 1.09 bits per heavy atom. The van der Waals surface area contributed by atoms with Crippen molar-refractivity contribution in [2.75, 3.05) is 6.61 Å². The molecular formula is C18H35NO2Si. The highest BCUT2D eigenvalue weighted by molar-refractivity contribution is 6.66. The van der Waals surface area contributed by atoms with Gasteiger partial charge in [-0.3, -0.25) is 0 Å². The lowest BCUT2D eigenvalue weighted by atomic mass is 9.92. The average Bonchev–Trinajstić information content (AvgIpc) is 2.46. The zero-order valence-corrected chi connectivity index (χ0v) is 15.8. The van der Waals surface area contributed by atoms with E-state index in [1.807, 2.05) is 18.2 Å². The van der Waals surface area contributed by atoms with Crippen molar-refractivity contribution >= 4 is 8.56 Å². The Bertz CT molecular complexity index is 319. The molecule has 0 aromatic heterocycles. The minimum atomic E-state index is -2.30. The third-order valence-corrected chi connectivity index (χ3v) is 6.86. The van der Waals surface area contributed by atoms with Crippen LogP contribution in [0.5, 0.6) is 0 Å². The molecule has 0 spiro atoms. The second kappa shape index (κ2) is 10.9. The number of nitrogens with two attached hydrogens (primary N) is 1. The maximum atomic E-state index is 6.63. The Morgan fingerprint density at radius 2 is 1.59 bits per heavy atom. The molecule has 0 amide bonds. The summed E-state index contributed by atoms with van der Waals surface area (Å²) in [6, 6.07) is 1.02. The van der Waals surface area contributed by atoms with Gasteiger partial charge >= 0.3 is 8.56 Å². The molecule has 0 fully saturated rings. The molecule has 0 bridgehead atoms. The van der Waals surface area contributed by atoms with E-state index < -0.39 is 8.56 Å². The van der Waals surface area contributed by atoms with Gasteiger partial charge < -0.3 is 14.6 Å². The van der Waals surface area contributed by atoms with E-state index in [1.165, 1.54) is 0 Å². The number of hydrogen-bond acceptors (Lipinski definition) is 3. The molecule has 2 N–H and O–H groups in total. The summed E-state index contributed by atoms with van der Waals surface area (Å²) in [4.78, 5) is 0. The molecule has 0 aliphatic rings. The zero-order chi connectivity index (χ0) is 17.1. The van der Waals surface area contributed by atoms with Gasteiger partial charge in [0.2, 0.25) is 0 Å². The minimum Gasteiger partial charge on any atom is -0.393 e. The van der Waals surface area contributed by atoms with Crippen molar-refractivity contribution in [3.63, 3.8) is 0 Å². The normalized spacial score (nSPS) is 15.8. The van der Waals surface area contributed by atoms with Crippen molar-refractivity contribution in [1.29, 1.82) is 0 Å². The van der Waals surface area contributed by atoms with Crippen LogP contribution in [0.3, 0.4) is 0 Å². The topological polar surface area (TPSA) is 44.5 Å². The number of rotatable bonds is 14. The van der Waals surface area contributed by atoms with Crippen molar-refractivity contribution in [2.45, 2.75) is 70.2 Å². The molecule has 0 aromatic carbocycles. The second-order valence-corrected chi connectivity index (χ2v) is 9.39. The largest absolute Gasteiger partial charge is 0.393 e. The van der Waals surface area contributed by atoms with Gasteiger partial charge in [-0.15, -0.1) is 19.7 Å². The van der Waals surface area contributed by atoms with Crippen LogP contribution in [-0.4, -0.2) is 26.8 Å². The summed E-state index contributed by atoms with van der Waals surface area (Å²) < 4.78 is 12.8. The molecule has 0 aliphatic carbocycles. The van der Waals surface area contributed by atoms with Gasteiger partial charge in [-0.2, -0.15) is 0 Å². The molecule has 0 rings (SSSR count). The summed E-state index contributed by atoms with van der Waals surface area (Å²) in [7, 11) is -2.30. The molecule has 0 saturated heterocycles. The molecule has 4 heteroatoms. The SMILES string of the molecule is C=CCC(CC=C)(CC=C)O[Si](C)(CCC)OCC(N)CC. The van der Waals surface area contributed by atoms with Crippen LogP contribution in [0.4, 0.5) is 0 Å². The first-order valence-corrected chi connectivity index (χ1v) is 10.9. The molecule has 0 heterocycles. The molecule has 3 nitrogen and oxygen atoms in total. The van der Waals surface area contributed by atoms with Crippen LogP contribution in [0.1, 0.15) is 46.0 Å². The molecular weight excluding hydrogens is 290 g/mol. The van der Waals surface area contributed by atoms with Gasteiger partial charge in [0.15, 0.2) is 0 Å². The Labute approximate surface area is 138 Å². The summed E-state index contributed by atoms with van der Waals surface area (Å²) >= 11 is 0. The third-order valence-electron chi connectivity index (χ3n) is 3.81. The molecule has 0 saturated carbocycles. The van der Waals surface area contributed by atoms with E-state index in [1.54, 1.807) is 0 Å². The summed E-state index contributed by atoms with van der Waals surface area (Å²) in [6.45, 7) is 18.6. The van der Waals surface area contributed by atoms with E-state index >= 15 is 0 Å². The minimum absolute atomic E-state index is 0.0693. The summed E-state index contributed by atoms with van der Waals surface area (Å²) in [6.07, 6.45) is 9.97. The summed E-state index contributed by atoms with van der Waals surface area (Å²) in [5, 5.41) is 0. The fourth-order valence-corrected chi connectivity index (χ4v) is 5.58. The van der Waals surface area contributed by atoms with Gasteiger partial charge in [0, 0.05) is 6.04 Å². The first-order chi connectivity index (χ1) is 10.4. The van der Waals surface area contributed by atoms with Gasteiger partial charge in [0.05, 0.1) is 12.2 Å². The molecule has 2 atom stereocenters. The maximum absolute atomic E-state index is 6.63. The standard InChI is InChI=1S/C18H35NO2Si/c1-7-12-18(13-8-2,14-9-3)21-22(6,15-10-4)20-16-17(19)11-5/h7-9,17H,1-3,10-16,19H2,4-6H3. The molecule has 0 aromatic rings. The van der Waals surface area contributed by atoms with E-state index in [2.05, 4.69) is 40.1 Å². The second-order valence-electron chi connectivity index (χ2n) is 6.13. The highest BCUT2D eigenvalue weighted by Crippen LogP contribution is 2.33. The molecule has 22 heavy (non-hydrogen) atoms. The van der Waals surface area contributed by atoms with Gasteiger partial charge in [0.1, 0.15) is 0 Å². The first kappa shape index (κ1) is 21.3. The molecule has 0 aliphatic heterocycles. The monoisotopic (exact) mass is 325 g/mol. The summed E-state index contributed by atoms with van der Waals surface area (Å²) in [5.41, 5.74) is 5.67. The average molecular weight is 326 g/mol. The van der Waals surface area contributed by atoms with Gasteiger partial charge in [0.25, 0.3) is 0 Å². The van der Waals surface area contributed by atoms with Crippen molar-refractivity contribution in [3.8, 4) is 0 Å². The fraction of sp³-hybridized carbons (Fsp3) is 0.667. The lowest BCUT2D eigenvalue weighted by Gasteiger charge is -2.40. The third kappa shape index (κ3) is 7.54. The van der Waals surface area contributed by atoms with Crippen molar-refractivity contribution in [2.24, 2.45) is 5.73 Å². The van der Waals surface area contributed by atoms with Crippen LogP contribution in [-0.2, 0) is 8.85 Å². The quantitative estimate of drug-likeness (QED) is 0.372. The van der Waals surface area contributed by atoms with E-state index in [4.69, 9.17) is 14.6 Å². The van der Waals surface area contributed by atoms with Gasteiger partial charge in [-0.1, -0.05) is 38.5 Å². The maximum Gasteiger partial charge on any atom is 0.335 e. The molecule has 0 radical (unpaired) electrons. The van der Waals surface area contributed by atoms with Crippen molar-refractivity contribution in [1.82, 2.24) is 0 Å². The Balaban J connectivity index is 5.19. The van der Waals surface area contributed by atoms with E-state index in [9.17, 15) is 0 Å². The van der Waals surface area contributed by atoms with Gasteiger partial charge in [-0.25, -0.2) is 0 Å². The smallest absolute Gasteiger partial charge is 0.335 e. The highest BCUT2D eigenvalue weighted by atomic mass is 28.4. The lowest BCUT2D eigenvalue weighted by Crippen LogP contribution is -2.49. The van der Waals surface area contributed by atoms with Gasteiger partial charge in [-0.05, 0) is 38.3 Å². The fourth-order valence-electron chi connectivity index (χ4n) is 2.63. The lowest BCUT2D eigenvalue weighted by molar-refractivity contribution is 0.0256. The molecule has 2 unspecified atom stereocenters. The van der Waals surface area contributed by atoms with Crippen LogP contribution in [0.25, 0.3) is 0 Å². The molecule has 128 valence electrons. The first-order valence-electron chi connectivity index (χ1n) is 8.33. The van der Waals surface area contributed by atoms with Crippen LogP contribution < -0.4 is 5.73 Å². The number of hydrogen-bond donors (Lipinski definition) is 1. The Morgan fingerprint density at radius 3 is 1.95 bits per heavy atom. The predicted octanol–water partition coefficient (Wildman–Crippen LogP) is 4.71. The Hall–Kier alpha value is -0.683. The summed E-state index contributed by atoms with van der Waals surface area (Å²) in [5.74, 6) is 0. The van der Waals surface area contributed by atoms with Crippen LogP contribution in [0.15, 0.2) is 38.0 Å². The van der Waals surface area contributed by atoms with Crippen molar-refractivity contribution in [3.05, 3.63) is 38.0 Å². The van der Waals surface area contributed by atoms with Crippen LogP contribution >= 0.6 is 0 Å². The van der Waals surface area contributed by atoms with E-state index in [0.29, 0.717) is 6.61 Å². The predicted molar refractivity (Wildman–Crippen MR) is 99.2 cm³/mol. The van der Waals surface area contributed by atoms with Crippen LogP contribution in [0, 0.1) is 0 Å². The van der Waals surface area contributed by atoms with Crippen molar-refractivity contribution < 1.29 is 8.85 Å². The van der Waals surface area contributed by atoms with E-state index in [0.717, 1.165) is 38.1 Å². The Kier molecular flexibility index (Phi) is 10.6. The zero-order valence-electron chi connectivity index (χ0n) is 14.8. The highest BCUT2D eigenvalue weighted by Gasteiger charge is 2.40. The van der Waals surface area contributed by atoms with E-state index in [-0.39, 0.29) is 11.6 Å². The van der Waals surface area contributed by atoms with Crippen LogP contribution in [0.2, 0.25) is 12.6 Å².